The molecule has 2 aromatic rings. The summed E-state index contributed by atoms with van der Waals surface area (Å²) in [5.74, 6) is 0.835. The zero-order valence-corrected chi connectivity index (χ0v) is 16.7. The molecule has 152 valence electrons. The number of nitrogens with zero attached hydrogens (tertiary/aromatic N) is 1. The number of amides is 2. The van der Waals surface area contributed by atoms with Gasteiger partial charge in [0.05, 0.1) is 12.1 Å². The summed E-state index contributed by atoms with van der Waals surface area (Å²) < 4.78 is 5.99. The summed E-state index contributed by atoms with van der Waals surface area (Å²) in [6.07, 6.45) is 6.45. The van der Waals surface area contributed by atoms with E-state index in [-0.39, 0.29) is 17.9 Å². The Morgan fingerprint density at radius 1 is 1.03 bits per heavy atom. The molecule has 0 spiro atoms. The van der Waals surface area contributed by atoms with Crippen LogP contribution in [0.5, 0.6) is 5.75 Å². The van der Waals surface area contributed by atoms with Crippen molar-refractivity contribution < 1.29 is 14.3 Å². The van der Waals surface area contributed by atoms with Gasteiger partial charge in [-0.3, -0.25) is 9.59 Å². The van der Waals surface area contributed by atoms with Crippen LogP contribution in [-0.2, 0) is 4.79 Å². The van der Waals surface area contributed by atoms with Crippen LogP contribution in [0.15, 0.2) is 54.6 Å². The van der Waals surface area contributed by atoms with Gasteiger partial charge in [0.25, 0.3) is 5.91 Å². The third kappa shape index (κ3) is 4.97. The Hall–Kier alpha value is -2.82. The lowest BCUT2D eigenvalue weighted by Gasteiger charge is -2.25. The van der Waals surface area contributed by atoms with E-state index in [1.807, 2.05) is 59.5 Å². The molecule has 1 atom stereocenters. The topological polar surface area (TPSA) is 58.6 Å². The summed E-state index contributed by atoms with van der Waals surface area (Å²) in [4.78, 5) is 26.8. The second-order valence-corrected chi connectivity index (χ2v) is 7.93. The van der Waals surface area contributed by atoms with Crippen molar-refractivity contribution in [1.82, 2.24) is 10.2 Å². The van der Waals surface area contributed by atoms with Crippen molar-refractivity contribution in [3.8, 4) is 5.75 Å². The molecular weight excluding hydrogens is 364 g/mol. The lowest BCUT2D eigenvalue weighted by atomic mass is 10.1. The second-order valence-electron chi connectivity index (χ2n) is 7.93. The minimum Gasteiger partial charge on any atom is -0.490 e. The minimum atomic E-state index is -0.236. The standard InChI is InChI=1S/C24H28N2O3/c27-23-11-6-16-26(23)17-22(18-7-2-1-3-8-18)25-24(28)19-12-14-21(15-13-19)29-20-9-4-5-10-20/h1-3,7-8,12-15,20,22H,4-6,9-11,16-17H2,(H,25,28). The van der Waals surface area contributed by atoms with Crippen LogP contribution < -0.4 is 10.1 Å². The molecule has 1 saturated heterocycles. The van der Waals surface area contributed by atoms with Gasteiger partial charge in [-0.1, -0.05) is 30.3 Å². The Balaban J connectivity index is 1.43. The highest BCUT2D eigenvalue weighted by Crippen LogP contribution is 2.24. The predicted molar refractivity (Wildman–Crippen MR) is 112 cm³/mol. The van der Waals surface area contributed by atoms with Crippen LogP contribution in [0.25, 0.3) is 0 Å². The molecule has 1 N–H and O–H groups in total. The number of hydrogen-bond donors (Lipinski definition) is 1. The minimum absolute atomic E-state index is 0.141. The van der Waals surface area contributed by atoms with Crippen LogP contribution in [-0.4, -0.2) is 35.9 Å². The molecule has 29 heavy (non-hydrogen) atoms. The molecule has 1 aliphatic carbocycles. The fourth-order valence-corrected chi connectivity index (χ4v) is 4.16. The van der Waals surface area contributed by atoms with Crippen LogP contribution in [0.3, 0.4) is 0 Å². The molecule has 5 heteroatoms. The van der Waals surface area contributed by atoms with Gasteiger partial charge in [-0.15, -0.1) is 0 Å². The largest absolute Gasteiger partial charge is 0.490 e. The van der Waals surface area contributed by atoms with Crippen LogP contribution in [0.1, 0.15) is 60.5 Å². The number of nitrogens with one attached hydrogen (secondary N) is 1. The summed E-state index contributed by atoms with van der Waals surface area (Å²) in [6.45, 7) is 1.25. The monoisotopic (exact) mass is 392 g/mol. The van der Waals surface area contributed by atoms with Crippen LogP contribution in [0.4, 0.5) is 0 Å². The molecule has 2 aliphatic rings. The smallest absolute Gasteiger partial charge is 0.251 e. The lowest BCUT2D eigenvalue weighted by molar-refractivity contribution is -0.128. The maximum atomic E-state index is 12.9. The maximum absolute atomic E-state index is 12.9. The van der Waals surface area contributed by atoms with Crippen molar-refractivity contribution in [3.05, 3.63) is 65.7 Å². The first-order valence-corrected chi connectivity index (χ1v) is 10.6. The van der Waals surface area contributed by atoms with Crippen molar-refractivity contribution in [2.45, 2.75) is 50.7 Å². The predicted octanol–water partition coefficient (Wildman–Crippen LogP) is 4.10. The molecular formula is C24H28N2O3. The Morgan fingerprint density at radius 2 is 1.76 bits per heavy atom. The number of benzene rings is 2. The first-order valence-electron chi connectivity index (χ1n) is 10.6. The van der Waals surface area contributed by atoms with Gasteiger partial charge in [0.15, 0.2) is 0 Å². The second kappa shape index (κ2) is 9.12. The molecule has 1 heterocycles. The van der Waals surface area contributed by atoms with Crippen LogP contribution >= 0.6 is 0 Å². The summed E-state index contributed by atoms with van der Waals surface area (Å²) in [6, 6.07) is 17.0. The van der Waals surface area contributed by atoms with Gasteiger partial charge < -0.3 is 15.0 Å². The van der Waals surface area contributed by atoms with E-state index in [1.165, 1.54) is 12.8 Å². The van der Waals surface area contributed by atoms with Gasteiger partial charge >= 0.3 is 0 Å². The number of ether oxygens (including phenoxy) is 1. The summed E-state index contributed by atoms with van der Waals surface area (Å²) >= 11 is 0. The van der Waals surface area contributed by atoms with E-state index < -0.39 is 0 Å². The Bertz CT molecular complexity index is 829. The molecule has 1 unspecified atom stereocenters. The third-order valence-corrected chi connectivity index (χ3v) is 5.80. The highest BCUT2D eigenvalue weighted by Gasteiger charge is 2.25. The van der Waals surface area contributed by atoms with E-state index in [0.717, 1.165) is 37.1 Å². The van der Waals surface area contributed by atoms with Crippen molar-refractivity contribution >= 4 is 11.8 Å². The van der Waals surface area contributed by atoms with E-state index in [1.54, 1.807) is 0 Å². The fourth-order valence-electron chi connectivity index (χ4n) is 4.16. The van der Waals surface area contributed by atoms with Crippen molar-refractivity contribution in [2.75, 3.05) is 13.1 Å². The van der Waals surface area contributed by atoms with Gasteiger partial charge in [0, 0.05) is 25.1 Å². The first-order chi connectivity index (χ1) is 14.2. The Kier molecular flexibility index (Phi) is 6.13. The highest BCUT2D eigenvalue weighted by molar-refractivity contribution is 5.94. The average molecular weight is 392 g/mol. The molecule has 1 saturated carbocycles. The van der Waals surface area contributed by atoms with Gasteiger partial charge in [-0.05, 0) is 61.9 Å². The summed E-state index contributed by atoms with van der Waals surface area (Å²) in [5, 5.41) is 3.12. The maximum Gasteiger partial charge on any atom is 0.251 e. The van der Waals surface area contributed by atoms with Crippen LogP contribution in [0, 0.1) is 0 Å². The quantitative estimate of drug-likeness (QED) is 0.772. The molecule has 2 fully saturated rings. The van der Waals surface area contributed by atoms with Crippen molar-refractivity contribution in [1.29, 1.82) is 0 Å². The molecule has 2 amide bonds. The van der Waals surface area contributed by atoms with E-state index in [4.69, 9.17) is 4.74 Å². The third-order valence-electron chi connectivity index (χ3n) is 5.80. The first kappa shape index (κ1) is 19.5. The van der Waals surface area contributed by atoms with E-state index in [9.17, 15) is 9.59 Å². The SMILES string of the molecule is O=C(NC(CN1CCCC1=O)c1ccccc1)c1ccc(OC2CCCC2)cc1. The number of carbonyl (C=O) groups is 2. The average Bonchev–Trinajstić information content (AvgIpc) is 3.40. The van der Waals surface area contributed by atoms with Crippen molar-refractivity contribution in [2.24, 2.45) is 0 Å². The zero-order chi connectivity index (χ0) is 20.1. The van der Waals surface area contributed by atoms with Gasteiger partial charge in [-0.25, -0.2) is 0 Å². The Labute approximate surface area is 172 Å². The van der Waals surface area contributed by atoms with E-state index in [0.29, 0.717) is 24.6 Å². The zero-order valence-electron chi connectivity index (χ0n) is 16.7. The molecule has 5 nitrogen and oxygen atoms in total. The normalized spacial score (nSPS) is 18.1. The molecule has 0 radical (unpaired) electrons. The fraction of sp³-hybridized carbons (Fsp3) is 0.417. The molecule has 1 aliphatic heterocycles. The Morgan fingerprint density at radius 3 is 2.41 bits per heavy atom. The number of rotatable bonds is 7. The van der Waals surface area contributed by atoms with E-state index in [2.05, 4.69) is 5.32 Å². The highest BCUT2D eigenvalue weighted by atomic mass is 16.5. The van der Waals surface area contributed by atoms with Gasteiger partial charge in [0.1, 0.15) is 5.75 Å². The molecule has 2 aromatic carbocycles. The number of carbonyl (C=O) groups excluding carboxylic acids is 2. The lowest BCUT2D eigenvalue weighted by Crippen LogP contribution is -2.38. The molecule has 4 rings (SSSR count). The van der Waals surface area contributed by atoms with E-state index >= 15 is 0 Å². The molecule has 0 aromatic heterocycles. The number of likely N-dealkylation sites (tertiary alicyclic amines) is 1. The van der Waals surface area contributed by atoms with Gasteiger partial charge in [-0.2, -0.15) is 0 Å². The molecule has 0 bridgehead atoms. The number of hydrogen-bond acceptors (Lipinski definition) is 3. The van der Waals surface area contributed by atoms with Gasteiger partial charge in [0.2, 0.25) is 5.91 Å². The van der Waals surface area contributed by atoms with Crippen LogP contribution in [0.2, 0.25) is 0 Å². The van der Waals surface area contributed by atoms with Crippen molar-refractivity contribution in [3.63, 3.8) is 0 Å². The summed E-state index contributed by atoms with van der Waals surface area (Å²) in [7, 11) is 0. The summed E-state index contributed by atoms with van der Waals surface area (Å²) in [5.41, 5.74) is 1.60.